The summed E-state index contributed by atoms with van der Waals surface area (Å²) in [4.78, 5) is 31.2. The topological polar surface area (TPSA) is 120 Å². The van der Waals surface area contributed by atoms with Crippen LogP contribution in [0.5, 0.6) is 5.75 Å². The number of benzene rings is 3. The standard InChI is InChI=1S/C31H37N5O5S/c1-41-25-13-11-22(12-14-25)19-28(33-30(37)27-20-23-7-3-4-8-24(23)21-32-27)31(38)36-17-15-35(16-18-36)29-10-6-5-9-26(29)34-42(2,39)40/h3-14,27-28,32,34H,15-21H2,1-2H3,(H,33,37). The van der Waals surface area contributed by atoms with Crippen LogP contribution >= 0.6 is 0 Å². The minimum Gasteiger partial charge on any atom is -0.497 e. The highest BCUT2D eigenvalue weighted by Crippen LogP contribution is 2.27. The van der Waals surface area contributed by atoms with Crippen LogP contribution in [0.25, 0.3) is 0 Å². The lowest BCUT2D eigenvalue weighted by Gasteiger charge is -2.38. The van der Waals surface area contributed by atoms with Crippen molar-refractivity contribution in [1.29, 1.82) is 0 Å². The summed E-state index contributed by atoms with van der Waals surface area (Å²) in [6.07, 6.45) is 2.03. The Balaban J connectivity index is 1.29. The van der Waals surface area contributed by atoms with Gasteiger partial charge in [0.2, 0.25) is 21.8 Å². The van der Waals surface area contributed by atoms with Crippen LogP contribution in [-0.2, 0) is 39.0 Å². The number of para-hydroxylation sites is 2. The van der Waals surface area contributed by atoms with Gasteiger partial charge in [0, 0.05) is 39.1 Å². The second-order valence-corrected chi connectivity index (χ2v) is 12.5. The van der Waals surface area contributed by atoms with E-state index in [2.05, 4.69) is 26.3 Å². The fourth-order valence-electron chi connectivity index (χ4n) is 5.53. The van der Waals surface area contributed by atoms with E-state index in [1.807, 2.05) is 54.6 Å². The van der Waals surface area contributed by atoms with E-state index in [-0.39, 0.29) is 11.8 Å². The molecule has 0 aromatic heterocycles. The van der Waals surface area contributed by atoms with Crippen molar-refractivity contribution in [3.8, 4) is 5.75 Å². The largest absolute Gasteiger partial charge is 0.497 e. The average molecular weight is 592 g/mol. The molecule has 2 atom stereocenters. The molecule has 2 aliphatic rings. The Morgan fingerprint density at radius 1 is 0.952 bits per heavy atom. The minimum absolute atomic E-state index is 0.141. The van der Waals surface area contributed by atoms with Crippen molar-refractivity contribution in [2.45, 2.75) is 31.5 Å². The first-order valence-electron chi connectivity index (χ1n) is 14.0. The van der Waals surface area contributed by atoms with E-state index in [1.54, 1.807) is 24.1 Å². The van der Waals surface area contributed by atoms with Crippen LogP contribution in [0.2, 0.25) is 0 Å². The summed E-state index contributed by atoms with van der Waals surface area (Å²) >= 11 is 0. The van der Waals surface area contributed by atoms with Gasteiger partial charge in [-0.3, -0.25) is 14.3 Å². The molecule has 1 saturated heterocycles. The number of nitrogens with zero attached hydrogens (tertiary/aromatic N) is 2. The molecule has 3 aromatic rings. The predicted molar refractivity (Wildman–Crippen MR) is 163 cm³/mol. The van der Waals surface area contributed by atoms with Crippen LogP contribution in [0.1, 0.15) is 16.7 Å². The second kappa shape index (κ2) is 12.8. The zero-order valence-electron chi connectivity index (χ0n) is 23.9. The van der Waals surface area contributed by atoms with Crippen LogP contribution in [0.3, 0.4) is 0 Å². The van der Waals surface area contributed by atoms with Crippen molar-refractivity contribution in [2.24, 2.45) is 0 Å². The first-order chi connectivity index (χ1) is 20.2. The summed E-state index contributed by atoms with van der Waals surface area (Å²) in [7, 11) is -1.84. The van der Waals surface area contributed by atoms with Crippen LogP contribution in [0, 0.1) is 0 Å². The summed E-state index contributed by atoms with van der Waals surface area (Å²) in [6, 6.07) is 21.6. The fraction of sp³-hybridized carbons (Fsp3) is 0.355. The number of piperazine rings is 1. The maximum atomic E-state index is 13.9. The Bertz CT molecular complexity index is 1520. The highest BCUT2D eigenvalue weighted by molar-refractivity contribution is 7.92. The van der Waals surface area contributed by atoms with Gasteiger partial charge in [0.25, 0.3) is 0 Å². The first kappa shape index (κ1) is 29.4. The van der Waals surface area contributed by atoms with Gasteiger partial charge in [-0.2, -0.15) is 0 Å². The van der Waals surface area contributed by atoms with E-state index < -0.39 is 22.1 Å². The van der Waals surface area contributed by atoms with Crippen molar-refractivity contribution >= 4 is 33.2 Å². The number of carbonyl (C=O) groups excluding carboxylic acids is 2. The number of sulfonamides is 1. The number of nitrogens with one attached hydrogen (secondary N) is 3. The van der Waals surface area contributed by atoms with Gasteiger partial charge in [-0.25, -0.2) is 8.42 Å². The molecule has 2 amide bonds. The summed E-state index contributed by atoms with van der Waals surface area (Å²) in [5.74, 6) is 0.380. The average Bonchev–Trinajstić information content (AvgIpc) is 3.00. The van der Waals surface area contributed by atoms with Gasteiger partial charge in [-0.15, -0.1) is 0 Å². The number of hydrogen-bond acceptors (Lipinski definition) is 7. The Morgan fingerprint density at radius 3 is 2.31 bits per heavy atom. The molecule has 3 N–H and O–H groups in total. The van der Waals surface area contributed by atoms with Gasteiger partial charge in [0.15, 0.2) is 0 Å². The number of carbonyl (C=O) groups is 2. The molecule has 1 fully saturated rings. The van der Waals surface area contributed by atoms with Gasteiger partial charge in [0.1, 0.15) is 11.8 Å². The highest BCUT2D eigenvalue weighted by atomic mass is 32.2. The number of anilines is 2. The van der Waals surface area contributed by atoms with Gasteiger partial charge in [-0.05, 0) is 47.4 Å². The first-order valence-corrected chi connectivity index (χ1v) is 15.9. The number of methoxy groups -OCH3 is 1. The molecule has 0 radical (unpaired) electrons. The molecule has 2 aliphatic heterocycles. The van der Waals surface area contributed by atoms with Crippen molar-refractivity contribution in [3.63, 3.8) is 0 Å². The van der Waals surface area contributed by atoms with Crippen molar-refractivity contribution in [1.82, 2.24) is 15.5 Å². The lowest BCUT2D eigenvalue weighted by Crippen LogP contribution is -2.58. The molecule has 0 bridgehead atoms. The van der Waals surface area contributed by atoms with E-state index >= 15 is 0 Å². The molecule has 0 aliphatic carbocycles. The smallest absolute Gasteiger partial charge is 0.245 e. The zero-order chi connectivity index (χ0) is 29.7. The maximum absolute atomic E-state index is 13.9. The van der Waals surface area contributed by atoms with Gasteiger partial charge in [0.05, 0.1) is 30.8 Å². The third-order valence-electron chi connectivity index (χ3n) is 7.74. The number of amides is 2. The Kier molecular flexibility index (Phi) is 8.98. The molecule has 3 aromatic carbocycles. The fourth-order valence-corrected chi connectivity index (χ4v) is 6.11. The molecule has 2 heterocycles. The second-order valence-electron chi connectivity index (χ2n) is 10.7. The molecule has 222 valence electrons. The predicted octanol–water partition coefficient (Wildman–Crippen LogP) is 2.16. The van der Waals surface area contributed by atoms with Gasteiger partial charge in [-0.1, -0.05) is 48.5 Å². The SMILES string of the molecule is COc1ccc(CC(NC(=O)C2Cc3ccccc3CN2)C(=O)N2CCN(c3ccccc3NS(C)(=O)=O)CC2)cc1. The molecule has 11 heteroatoms. The lowest BCUT2D eigenvalue weighted by atomic mass is 9.95. The van der Waals surface area contributed by atoms with Crippen molar-refractivity contribution in [3.05, 3.63) is 89.5 Å². The Hall–Kier alpha value is -4.09. The number of fused-ring (bicyclic) bond motifs is 1. The third-order valence-corrected chi connectivity index (χ3v) is 8.33. The Labute approximate surface area is 247 Å². The Morgan fingerprint density at radius 2 is 1.62 bits per heavy atom. The van der Waals surface area contributed by atoms with Gasteiger partial charge >= 0.3 is 0 Å². The van der Waals surface area contributed by atoms with E-state index in [0.29, 0.717) is 51.3 Å². The molecule has 2 unspecified atom stereocenters. The molecule has 0 spiro atoms. The number of ether oxygens (including phenoxy) is 1. The molecule has 42 heavy (non-hydrogen) atoms. The molecule has 5 rings (SSSR count). The van der Waals surface area contributed by atoms with Crippen LogP contribution in [0.4, 0.5) is 11.4 Å². The van der Waals surface area contributed by atoms with Crippen LogP contribution in [-0.4, -0.2) is 76.8 Å². The van der Waals surface area contributed by atoms with Crippen LogP contribution in [0.15, 0.2) is 72.8 Å². The summed E-state index contributed by atoms with van der Waals surface area (Å²) in [6.45, 7) is 2.53. The quantitative estimate of drug-likeness (QED) is 0.349. The zero-order valence-corrected chi connectivity index (χ0v) is 24.7. The number of rotatable bonds is 9. The van der Waals surface area contributed by atoms with Crippen LogP contribution < -0.4 is 25.0 Å². The molecular weight excluding hydrogens is 554 g/mol. The van der Waals surface area contributed by atoms with E-state index in [0.717, 1.165) is 28.8 Å². The van der Waals surface area contributed by atoms with Gasteiger partial charge < -0.3 is 25.2 Å². The molecule has 10 nitrogen and oxygen atoms in total. The normalized spacial score (nSPS) is 17.6. The lowest BCUT2D eigenvalue weighted by molar-refractivity contribution is -0.137. The monoisotopic (exact) mass is 591 g/mol. The highest BCUT2D eigenvalue weighted by Gasteiger charge is 2.32. The van der Waals surface area contributed by atoms with E-state index in [4.69, 9.17) is 4.74 Å². The van der Waals surface area contributed by atoms with Crippen molar-refractivity contribution < 1.29 is 22.7 Å². The minimum atomic E-state index is -3.44. The van der Waals surface area contributed by atoms with E-state index in [1.165, 1.54) is 5.56 Å². The summed E-state index contributed by atoms with van der Waals surface area (Å²) < 4.78 is 31.6. The third kappa shape index (κ3) is 7.21. The van der Waals surface area contributed by atoms with Crippen molar-refractivity contribution in [2.75, 3.05) is 49.2 Å². The molecule has 0 saturated carbocycles. The summed E-state index contributed by atoms with van der Waals surface area (Å²) in [5.41, 5.74) is 4.50. The summed E-state index contributed by atoms with van der Waals surface area (Å²) in [5, 5.41) is 6.37. The molecular formula is C31H37N5O5S. The van der Waals surface area contributed by atoms with E-state index in [9.17, 15) is 18.0 Å². The maximum Gasteiger partial charge on any atom is 0.245 e. The number of hydrogen-bond donors (Lipinski definition) is 3.